The first-order chi connectivity index (χ1) is 15.9. The lowest BCUT2D eigenvalue weighted by atomic mass is 9.74. The Balaban J connectivity index is 1.55. The summed E-state index contributed by atoms with van der Waals surface area (Å²) >= 11 is 6.59. The number of nitrogens with zero attached hydrogens (tertiary/aromatic N) is 1. The maximum atomic E-state index is 13.5. The zero-order chi connectivity index (χ0) is 23.2. The summed E-state index contributed by atoms with van der Waals surface area (Å²) in [6, 6.07) is 3.07. The van der Waals surface area contributed by atoms with Gasteiger partial charge in [-0.1, -0.05) is 30.9 Å². The van der Waals surface area contributed by atoms with Gasteiger partial charge in [-0.2, -0.15) is 0 Å². The molecule has 3 aliphatic rings. The van der Waals surface area contributed by atoms with Gasteiger partial charge in [0.15, 0.2) is 5.76 Å². The summed E-state index contributed by atoms with van der Waals surface area (Å²) in [5.74, 6) is -0.860. The summed E-state index contributed by atoms with van der Waals surface area (Å²) in [6.45, 7) is 0.584. The van der Waals surface area contributed by atoms with Gasteiger partial charge in [-0.25, -0.2) is 4.79 Å². The van der Waals surface area contributed by atoms with Crippen molar-refractivity contribution in [2.75, 3.05) is 11.9 Å². The zero-order valence-electron chi connectivity index (χ0n) is 18.4. The number of furan rings is 1. The van der Waals surface area contributed by atoms with Crippen LogP contribution in [0.3, 0.4) is 0 Å². The second-order valence-corrected chi connectivity index (χ2v) is 9.85. The number of amides is 3. The van der Waals surface area contributed by atoms with Gasteiger partial charge in [0.1, 0.15) is 5.58 Å². The Morgan fingerprint density at radius 3 is 2.73 bits per heavy atom. The Labute approximate surface area is 196 Å². The van der Waals surface area contributed by atoms with E-state index in [1.807, 2.05) is 0 Å². The van der Waals surface area contributed by atoms with Crippen molar-refractivity contribution in [3.63, 3.8) is 0 Å². The molecule has 3 N–H and O–H groups in total. The van der Waals surface area contributed by atoms with Crippen molar-refractivity contribution in [1.82, 2.24) is 10.2 Å². The Morgan fingerprint density at radius 1 is 1.18 bits per heavy atom. The largest absolute Gasteiger partial charge is 0.481 e. The molecule has 1 saturated heterocycles. The number of carbonyl (C=O) groups excluding carboxylic acids is 2. The maximum absolute atomic E-state index is 13.5. The number of anilines is 1. The van der Waals surface area contributed by atoms with Crippen molar-refractivity contribution in [2.24, 2.45) is 0 Å². The van der Waals surface area contributed by atoms with Crippen LogP contribution in [-0.2, 0) is 10.3 Å². The fourth-order valence-corrected chi connectivity index (χ4v) is 6.05. The molecule has 9 heteroatoms. The highest BCUT2D eigenvalue weighted by Gasteiger charge is 2.44. The molecule has 2 aliphatic heterocycles. The fraction of sp³-hybridized carbons (Fsp3) is 0.542. The first-order valence-corrected chi connectivity index (χ1v) is 12.1. The number of rotatable bonds is 4. The minimum Gasteiger partial charge on any atom is -0.481 e. The summed E-state index contributed by atoms with van der Waals surface area (Å²) in [5.41, 5.74) is 1.39. The quantitative estimate of drug-likeness (QED) is 0.562. The fourth-order valence-electron chi connectivity index (χ4n) is 5.79. The number of hydrogen-bond acceptors (Lipinski definition) is 4. The molecule has 2 fully saturated rings. The molecule has 8 nitrogen and oxygen atoms in total. The number of hydrogen-bond donors (Lipinski definition) is 3. The monoisotopic (exact) mass is 473 g/mol. The molecular formula is C24H28ClN3O5. The highest BCUT2D eigenvalue weighted by molar-refractivity contribution is 6.35. The smallest absolute Gasteiger partial charge is 0.319 e. The molecule has 1 atom stereocenters. The molecule has 3 amide bonds. The van der Waals surface area contributed by atoms with Gasteiger partial charge in [0.05, 0.1) is 16.2 Å². The number of piperidine rings is 1. The molecule has 176 valence electrons. The number of carboxylic acid groups (broad SMARTS) is 1. The van der Waals surface area contributed by atoms with Crippen LogP contribution in [0.5, 0.6) is 0 Å². The van der Waals surface area contributed by atoms with Crippen molar-refractivity contribution in [3.05, 3.63) is 28.5 Å². The highest BCUT2D eigenvalue weighted by Crippen LogP contribution is 2.49. The number of likely N-dealkylation sites (tertiary alicyclic amines) is 1. The number of benzene rings is 1. The molecule has 1 unspecified atom stereocenters. The Hall–Kier alpha value is -2.74. The Morgan fingerprint density at radius 2 is 1.97 bits per heavy atom. The van der Waals surface area contributed by atoms with E-state index >= 15 is 0 Å². The first-order valence-electron chi connectivity index (χ1n) is 11.8. The van der Waals surface area contributed by atoms with Crippen LogP contribution in [0.1, 0.15) is 80.3 Å². The minimum atomic E-state index is -0.856. The molecule has 0 radical (unpaired) electrons. The zero-order valence-corrected chi connectivity index (χ0v) is 19.2. The van der Waals surface area contributed by atoms with Crippen LogP contribution in [-0.4, -0.2) is 40.5 Å². The predicted molar refractivity (Wildman–Crippen MR) is 124 cm³/mol. The second kappa shape index (κ2) is 8.56. The SMILES string of the molecule is O=C(O)CCC1CCCCN1C(=O)c1cc2cc(Cl)c3c(c2o1)C1(CCCCC1)NC(=O)N3. The number of halogens is 1. The third kappa shape index (κ3) is 3.94. The van der Waals surface area contributed by atoms with E-state index in [0.717, 1.165) is 62.3 Å². The first kappa shape index (κ1) is 22.1. The van der Waals surface area contributed by atoms with Gasteiger partial charge in [-0.05, 0) is 50.7 Å². The topological polar surface area (TPSA) is 112 Å². The van der Waals surface area contributed by atoms with E-state index in [1.54, 1.807) is 17.0 Å². The Bertz CT molecular complexity index is 1120. The summed E-state index contributed by atoms with van der Waals surface area (Å²) in [5, 5.41) is 16.2. The average Bonchev–Trinajstić information content (AvgIpc) is 3.21. The van der Waals surface area contributed by atoms with Gasteiger partial charge in [0.25, 0.3) is 5.91 Å². The predicted octanol–water partition coefficient (Wildman–Crippen LogP) is 5.24. The molecule has 3 heterocycles. The number of carboxylic acids is 1. The maximum Gasteiger partial charge on any atom is 0.319 e. The lowest BCUT2D eigenvalue weighted by Gasteiger charge is -2.42. The number of aliphatic carboxylic acids is 1. The van der Waals surface area contributed by atoms with Crippen molar-refractivity contribution < 1.29 is 23.9 Å². The van der Waals surface area contributed by atoms with E-state index in [9.17, 15) is 14.4 Å². The van der Waals surface area contributed by atoms with E-state index in [4.69, 9.17) is 21.1 Å². The Kier molecular flexibility index (Phi) is 5.72. The number of urea groups is 1. The molecule has 5 rings (SSSR count). The van der Waals surface area contributed by atoms with E-state index in [-0.39, 0.29) is 30.2 Å². The van der Waals surface area contributed by atoms with Crippen molar-refractivity contribution in [2.45, 2.75) is 75.8 Å². The third-order valence-electron chi connectivity index (χ3n) is 7.33. The molecule has 33 heavy (non-hydrogen) atoms. The van der Waals surface area contributed by atoms with Crippen LogP contribution >= 0.6 is 11.6 Å². The van der Waals surface area contributed by atoms with Crippen LogP contribution in [0, 0.1) is 0 Å². The van der Waals surface area contributed by atoms with E-state index in [0.29, 0.717) is 29.3 Å². The van der Waals surface area contributed by atoms with Crippen LogP contribution in [0.15, 0.2) is 16.5 Å². The molecule has 1 aromatic carbocycles. The van der Waals surface area contributed by atoms with Crippen molar-refractivity contribution in [3.8, 4) is 0 Å². The molecular weight excluding hydrogens is 446 g/mol. The average molecular weight is 474 g/mol. The van der Waals surface area contributed by atoms with Crippen LogP contribution in [0.25, 0.3) is 11.0 Å². The van der Waals surface area contributed by atoms with E-state index < -0.39 is 11.5 Å². The molecule has 1 spiro atoms. The minimum absolute atomic E-state index is 0.0333. The summed E-state index contributed by atoms with van der Waals surface area (Å²) in [7, 11) is 0. The van der Waals surface area contributed by atoms with Gasteiger partial charge in [0, 0.05) is 30.0 Å². The van der Waals surface area contributed by atoms with Gasteiger partial charge >= 0.3 is 12.0 Å². The van der Waals surface area contributed by atoms with Gasteiger partial charge in [0.2, 0.25) is 0 Å². The summed E-state index contributed by atoms with van der Waals surface area (Å²) in [6.07, 6.45) is 7.78. The molecule has 1 aliphatic carbocycles. The molecule has 0 bridgehead atoms. The number of fused-ring (bicyclic) bond motifs is 4. The van der Waals surface area contributed by atoms with Crippen LogP contribution < -0.4 is 10.6 Å². The molecule has 2 aromatic rings. The van der Waals surface area contributed by atoms with Crippen LogP contribution in [0.2, 0.25) is 5.02 Å². The van der Waals surface area contributed by atoms with E-state index in [1.165, 1.54) is 0 Å². The summed E-state index contributed by atoms with van der Waals surface area (Å²) < 4.78 is 6.22. The normalized spacial score (nSPS) is 22.0. The third-order valence-corrected chi connectivity index (χ3v) is 7.62. The lowest BCUT2D eigenvalue weighted by molar-refractivity contribution is -0.137. The standard InChI is InChI=1S/C24H28ClN3O5/c25-16-12-14-13-17(22(31)28-11-5-2-6-15(28)7-8-18(29)30)33-21(14)19-20(16)26-23(32)27-24(19)9-3-1-4-10-24/h12-13,15H,1-11H2,(H,29,30)(H2,26,27,32). The van der Waals surface area contributed by atoms with Gasteiger partial charge in [-0.15, -0.1) is 0 Å². The van der Waals surface area contributed by atoms with Gasteiger partial charge in [-0.3, -0.25) is 9.59 Å². The van der Waals surface area contributed by atoms with E-state index in [2.05, 4.69) is 10.6 Å². The summed E-state index contributed by atoms with van der Waals surface area (Å²) in [4.78, 5) is 38.7. The number of carbonyl (C=O) groups is 3. The van der Waals surface area contributed by atoms with Gasteiger partial charge < -0.3 is 25.1 Å². The van der Waals surface area contributed by atoms with Crippen LogP contribution in [0.4, 0.5) is 10.5 Å². The van der Waals surface area contributed by atoms with Crippen molar-refractivity contribution >= 4 is 46.2 Å². The number of nitrogens with one attached hydrogen (secondary N) is 2. The second-order valence-electron chi connectivity index (χ2n) is 9.44. The molecule has 1 aromatic heterocycles. The van der Waals surface area contributed by atoms with Crippen molar-refractivity contribution in [1.29, 1.82) is 0 Å². The highest BCUT2D eigenvalue weighted by atomic mass is 35.5. The lowest BCUT2D eigenvalue weighted by Crippen LogP contribution is -2.52. The molecule has 1 saturated carbocycles.